The number of ether oxygens (including phenoxy) is 1. The van der Waals surface area contributed by atoms with Crippen molar-refractivity contribution in [1.82, 2.24) is 0 Å². The molecular weight excluding hydrogens is 366 g/mol. The van der Waals surface area contributed by atoms with Crippen LogP contribution in [0.3, 0.4) is 0 Å². The highest BCUT2D eigenvalue weighted by Gasteiger charge is 2.35. The van der Waals surface area contributed by atoms with Crippen molar-refractivity contribution in [3.8, 4) is 11.5 Å². The molecule has 1 unspecified atom stereocenters. The van der Waals surface area contributed by atoms with Gasteiger partial charge in [0.25, 0.3) is 0 Å². The van der Waals surface area contributed by atoms with Crippen molar-refractivity contribution >= 4 is 11.8 Å². The lowest BCUT2D eigenvalue weighted by Crippen LogP contribution is -2.46. The molecule has 0 fully saturated rings. The Hall–Kier alpha value is -1.49. The fraction of sp³-hybridized carbons (Fsp3) is 0.500. The number of para-hydroxylation sites is 1. The summed E-state index contributed by atoms with van der Waals surface area (Å²) in [7, 11) is 0. The molecule has 4 heteroatoms. The van der Waals surface area contributed by atoms with Crippen LogP contribution in [0.2, 0.25) is 0 Å². The summed E-state index contributed by atoms with van der Waals surface area (Å²) in [5, 5.41) is 11.3. The minimum Gasteiger partial charge on any atom is -0.455 e. The summed E-state index contributed by atoms with van der Waals surface area (Å²) >= 11 is 1.68. The van der Waals surface area contributed by atoms with Gasteiger partial charge < -0.3 is 15.6 Å². The zero-order chi connectivity index (χ0) is 20.3. The van der Waals surface area contributed by atoms with E-state index >= 15 is 0 Å². The van der Waals surface area contributed by atoms with Gasteiger partial charge >= 0.3 is 0 Å². The largest absolute Gasteiger partial charge is 0.455 e. The first-order chi connectivity index (χ1) is 13.3. The summed E-state index contributed by atoms with van der Waals surface area (Å²) in [5.74, 6) is 2.86. The number of aliphatic hydroxyl groups is 1. The SMILES string of the molecule is CC(C)CCC(N)(CCC(C)C)C(O)c1ccc2c(c1)Sc1ccccc1O2. The van der Waals surface area contributed by atoms with Crippen molar-refractivity contribution in [1.29, 1.82) is 0 Å². The molecule has 3 rings (SSSR count). The fourth-order valence-electron chi connectivity index (χ4n) is 3.56. The highest BCUT2D eigenvalue weighted by atomic mass is 32.2. The fourth-order valence-corrected chi connectivity index (χ4v) is 4.56. The van der Waals surface area contributed by atoms with Crippen LogP contribution in [0.15, 0.2) is 52.3 Å². The Morgan fingerprint density at radius 3 is 2.18 bits per heavy atom. The minimum absolute atomic E-state index is 0.568. The number of nitrogens with two attached hydrogens (primary N) is 1. The monoisotopic (exact) mass is 399 g/mol. The topological polar surface area (TPSA) is 55.5 Å². The summed E-state index contributed by atoms with van der Waals surface area (Å²) in [6.07, 6.45) is 2.99. The molecule has 0 radical (unpaired) electrons. The first-order valence-electron chi connectivity index (χ1n) is 10.3. The molecule has 0 saturated heterocycles. The van der Waals surface area contributed by atoms with Gasteiger partial charge in [-0.25, -0.2) is 0 Å². The summed E-state index contributed by atoms with van der Waals surface area (Å²) in [6, 6.07) is 14.0. The zero-order valence-electron chi connectivity index (χ0n) is 17.4. The molecule has 152 valence electrons. The second-order valence-corrected chi connectivity index (χ2v) is 9.94. The van der Waals surface area contributed by atoms with Crippen LogP contribution < -0.4 is 10.5 Å². The van der Waals surface area contributed by atoms with Gasteiger partial charge in [-0.1, -0.05) is 57.7 Å². The van der Waals surface area contributed by atoms with Gasteiger partial charge in [-0.2, -0.15) is 0 Å². The van der Waals surface area contributed by atoms with Crippen molar-refractivity contribution in [2.45, 2.75) is 74.8 Å². The second kappa shape index (κ2) is 8.89. The smallest absolute Gasteiger partial charge is 0.141 e. The van der Waals surface area contributed by atoms with Gasteiger partial charge in [-0.15, -0.1) is 0 Å². The molecule has 1 heterocycles. The quantitative estimate of drug-likeness (QED) is 0.451. The molecule has 2 aromatic rings. The molecule has 3 nitrogen and oxygen atoms in total. The predicted octanol–water partition coefficient (Wildman–Crippen LogP) is 6.55. The number of hydrogen-bond donors (Lipinski definition) is 2. The van der Waals surface area contributed by atoms with E-state index in [1.807, 2.05) is 36.4 Å². The van der Waals surface area contributed by atoms with E-state index in [4.69, 9.17) is 10.5 Å². The Balaban J connectivity index is 1.84. The van der Waals surface area contributed by atoms with E-state index in [9.17, 15) is 5.11 Å². The average Bonchev–Trinajstić information content (AvgIpc) is 2.68. The molecule has 0 aliphatic carbocycles. The molecule has 1 aliphatic heterocycles. The molecule has 0 spiro atoms. The van der Waals surface area contributed by atoms with Crippen LogP contribution in [0, 0.1) is 11.8 Å². The molecule has 0 aromatic heterocycles. The van der Waals surface area contributed by atoms with Gasteiger partial charge in [0.15, 0.2) is 0 Å². The Bertz CT molecular complexity index is 791. The van der Waals surface area contributed by atoms with Crippen molar-refractivity contribution < 1.29 is 9.84 Å². The summed E-state index contributed by atoms with van der Waals surface area (Å²) in [6.45, 7) is 8.83. The number of rotatable bonds is 8. The van der Waals surface area contributed by atoms with Gasteiger partial charge in [-0.05, 0) is 67.3 Å². The number of fused-ring (bicyclic) bond motifs is 2. The van der Waals surface area contributed by atoms with Crippen molar-refractivity contribution in [2.75, 3.05) is 0 Å². The van der Waals surface area contributed by atoms with E-state index in [0.29, 0.717) is 11.8 Å². The highest BCUT2D eigenvalue weighted by molar-refractivity contribution is 7.99. The first-order valence-corrected chi connectivity index (χ1v) is 11.2. The van der Waals surface area contributed by atoms with Gasteiger partial charge in [0, 0.05) is 5.54 Å². The van der Waals surface area contributed by atoms with Gasteiger partial charge in [0.2, 0.25) is 0 Å². The normalized spacial score (nSPS) is 14.6. The third kappa shape index (κ3) is 4.91. The molecule has 0 amide bonds. The zero-order valence-corrected chi connectivity index (χ0v) is 18.3. The molecule has 0 bridgehead atoms. The first kappa shape index (κ1) is 21.2. The van der Waals surface area contributed by atoms with E-state index in [0.717, 1.165) is 52.5 Å². The van der Waals surface area contributed by atoms with Gasteiger partial charge in [-0.3, -0.25) is 0 Å². The highest BCUT2D eigenvalue weighted by Crippen LogP contribution is 2.48. The lowest BCUT2D eigenvalue weighted by Gasteiger charge is -2.36. The van der Waals surface area contributed by atoms with Crippen LogP contribution in [-0.2, 0) is 0 Å². The number of hydrogen-bond acceptors (Lipinski definition) is 4. The summed E-state index contributed by atoms with van der Waals surface area (Å²) < 4.78 is 6.02. The van der Waals surface area contributed by atoms with E-state index in [2.05, 4.69) is 33.8 Å². The van der Waals surface area contributed by atoms with Crippen LogP contribution in [0.5, 0.6) is 11.5 Å². The third-order valence-electron chi connectivity index (χ3n) is 5.49. The second-order valence-electron chi connectivity index (χ2n) is 8.86. The Kier molecular flexibility index (Phi) is 6.74. The molecule has 3 N–H and O–H groups in total. The Labute approximate surface area is 173 Å². The van der Waals surface area contributed by atoms with E-state index in [-0.39, 0.29) is 0 Å². The molecule has 1 atom stereocenters. The maximum atomic E-state index is 11.3. The van der Waals surface area contributed by atoms with E-state index < -0.39 is 11.6 Å². The van der Waals surface area contributed by atoms with Crippen LogP contribution in [-0.4, -0.2) is 10.6 Å². The predicted molar refractivity (Wildman–Crippen MR) is 117 cm³/mol. The van der Waals surface area contributed by atoms with Crippen molar-refractivity contribution in [2.24, 2.45) is 17.6 Å². The minimum atomic E-state index is -0.687. The average molecular weight is 400 g/mol. The molecule has 0 saturated carbocycles. The Morgan fingerprint density at radius 2 is 1.54 bits per heavy atom. The third-order valence-corrected chi connectivity index (χ3v) is 6.59. The van der Waals surface area contributed by atoms with E-state index in [1.165, 1.54) is 0 Å². The van der Waals surface area contributed by atoms with Gasteiger partial charge in [0.1, 0.15) is 11.5 Å². The van der Waals surface area contributed by atoms with Crippen molar-refractivity contribution in [3.63, 3.8) is 0 Å². The van der Waals surface area contributed by atoms with Crippen LogP contribution in [0.4, 0.5) is 0 Å². The molecular formula is C24H33NO2S. The molecule has 28 heavy (non-hydrogen) atoms. The lowest BCUT2D eigenvalue weighted by molar-refractivity contribution is 0.0645. The molecule has 1 aliphatic rings. The van der Waals surface area contributed by atoms with Crippen LogP contribution in [0.1, 0.15) is 65.0 Å². The van der Waals surface area contributed by atoms with Crippen LogP contribution in [0.25, 0.3) is 0 Å². The summed E-state index contributed by atoms with van der Waals surface area (Å²) in [5.41, 5.74) is 7.10. The maximum Gasteiger partial charge on any atom is 0.141 e. The standard InChI is InChI=1S/C24H33NO2S/c1-16(2)11-13-24(25,14-12-17(3)4)23(26)18-9-10-20-22(15-18)28-21-8-6-5-7-19(21)27-20/h5-10,15-17,23,26H,11-14,25H2,1-4H3. The van der Waals surface area contributed by atoms with Crippen molar-refractivity contribution in [3.05, 3.63) is 48.0 Å². The number of aliphatic hydroxyl groups excluding tert-OH is 1. The molecule has 2 aromatic carbocycles. The Morgan fingerprint density at radius 1 is 0.929 bits per heavy atom. The maximum absolute atomic E-state index is 11.3. The number of benzene rings is 2. The summed E-state index contributed by atoms with van der Waals surface area (Å²) in [4.78, 5) is 2.13. The lowest BCUT2D eigenvalue weighted by atomic mass is 9.78. The van der Waals surface area contributed by atoms with Gasteiger partial charge in [0.05, 0.1) is 15.9 Å². The van der Waals surface area contributed by atoms with Crippen LogP contribution >= 0.6 is 11.8 Å². The van der Waals surface area contributed by atoms with E-state index in [1.54, 1.807) is 11.8 Å².